The highest BCUT2D eigenvalue weighted by atomic mass is 19.1. The molecular formula is C31H31FNO+. The van der Waals surface area contributed by atoms with Gasteiger partial charge in [0.15, 0.2) is 6.20 Å². The number of furan rings is 1. The molecule has 0 N–H and O–H groups in total. The highest BCUT2D eigenvalue weighted by Crippen LogP contribution is 2.42. The molecule has 0 aliphatic heterocycles. The predicted octanol–water partition coefficient (Wildman–Crippen LogP) is 8.44. The summed E-state index contributed by atoms with van der Waals surface area (Å²) in [7, 11) is 2.06. The first-order chi connectivity index (χ1) is 16.3. The lowest BCUT2D eigenvalue weighted by Crippen LogP contribution is -2.31. The molecule has 172 valence electrons. The molecule has 0 unspecified atom stereocenters. The van der Waals surface area contributed by atoms with Gasteiger partial charge in [-0.25, -0.2) is 8.96 Å². The third-order valence-electron chi connectivity index (χ3n) is 6.93. The average molecular weight is 453 g/mol. The van der Waals surface area contributed by atoms with E-state index in [1.165, 1.54) is 11.1 Å². The van der Waals surface area contributed by atoms with Crippen molar-refractivity contribution in [3.63, 3.8) is 0 Å². The summed E-state index contributed by atoms with van der Waals surface area (Å²) in [6.07, 6.45) is 2.10. The largest absolute Gasteiger partial charge is 0.454 e. The van der Waals surface area contributed by atoms with E-state index in [0.717, 1.165) is 38.7 Å². The molecule has 5 rings (SSSR count). The van der Waals surface area contributed by atoms with Crippen LogP contribution in [0.5, 0.6) is 0 Å². The summed E-state index contributed by atoms with van der Waals surface area (Å²) >= 11 is 0. The number of benzene rings is 3. The Morgan fingerprint density at radius 2 is 1.35 bits per heavy atom. The molecule has 2 heterocycles. The van der Waals surface area contributed by atoms with Gasteiger partial charge in [0.2, 0.25) is 5.69 Å². The Balaban J connectivity index is 1.81. The molecule has 0 spiro atoms. The standard InChI is InChI=1S/C31H31FNO/c1-18(2)21-8-10-22(11-9-21)29-26(32)14-13-25-24-12-7-20(5)28(30(24)34-31(25)29)27-17-23(19(3)4)15-16-33(27)6/h7-19H,1-6H3/q+1. The summed E-state index contributed by atoms with van der Waals surface area (Å²) in [6, 6.07) is 20.2. The number of nitrogens with zero attached hydrogens (tertiary/aromatic N) is 1. The minimum absolute atomic E-state index is 0.269. The maximum atomic E-state index is 15.2. The topological polar surface area (TPSA) is 17.0 Å². The third-order valence-corrected chi connectivity index (χ3v) is 6.93. The van der Waals surface area contributed by atoms with E-state index in [4.69, 9.17) is 4.42 Å². The highest BCUT2D eigenvalue weighted by molar-refractivity contribution is 6.13. The van der Waals surface area contributed by atoms with Crippen LogP contribution in [0.3, 0.4) is 0 Å². The molecule has 0 bridgehead atoms. The molecule has 0 atom stereocenters. The number of rotatable bonds is 4. The van der Waals surface area contributed by atoms with Crippen LogP contribution in [0.2, 0.25) is 0 Å². The molecule has 0 amide bonds. The van der Waals surface area contributed by atoms with Gasteiger partial charge in [-0.15, -0.1) is 0 Å². The Hall–Kier alpha value is -3.46. The first-order valence-corrected chi connectivity index (χ1v) is 12.0. The Morgan fingerprint density at radius 3 is 2.00 bits per heavy atom. The van der Waals surface area contributed by atoms with Gasteiger partial charge < -0.3 is 4.42 Å². The Morgan fingerprint density at radius 1 is 0.735 bits per heavy atom. The van der Waals surface area contributed by atoms with Crippen LogP contribution in [0.4, 0.5) is 4.39 Å². The second kappa shape index (κ2) is 8.39. The summed E-state index contributed by atoms with van der Waals surface area (Å²) in [6.45, 7) is 10.8. The molecule has 0 aliphatic carbocycles. The molecule has 0 saturated heterocycles. The SMILES string of the molecule is Cc1ccc2c(oc3c(-c4ccc(C(C)C)cc4)c(F)ccc32)c1-c1cc(C(C)C)cc[n+]1C. The minimum Gasteiger partial charge on any atom is -0.454 e. The fourth-order valence-corrected chi connectivity index (χ4v) is 4.79. The number of fused-ring (bicyclic) bond motifs is 3. The number of hydrogen-bond donors (Lipinski definition) is 0. The molecule has 0 aliphatic rings. The molecule has 0 radical (unpaired) electrons. The first kappa shape index (κ1) is 22.3. The molecule has 34 heavy (non-hydrogen) atoms. The van der Waals surface area contributed by atoms with Gasteiger partial charge in [0.1, 0.15) is 24.0 Å². The lowest BCUT2D eigenvalue weighted by Gasteiger charge is -2.09. The maximum Gasteiger partial charge on any atom is 0.216 e. The summed E-state index contributed by atoms with van der Waals surface area (Å²) in [5.74, 6) is 0.577. The molecule has 2 aromatic heterocycles. The van der Waals surface area contributed by atoms with Crippen LogP contribution in [0, 0.1) is 12.7 Å². The van der Waals surface area contributed by atoms with Crippen LogP contribution in [0.1, 0.15) is 56.2 Å². The van der Waals surface area contributed by atoms with Gasteiger partial charge >= 0.3 is 0 Å². The minimum atomic E-state index is -0.269. The van der Waals surface area contributed by atoms with Crippen molar-refractivity contribution < 1.29 is 13.4 Å². The molecule has 3 heteroatoms. The van der Waals surface area contributed by atoms with Crippen molar-refractivity contribution in [2.24, 2.45) is 7.05 Å². The average Bonchev–Trinajstić information content (AvgIpc) is 3.18. The van der Waals surface area contributed by atoms with Crippen LogP contribution < -0.4 is 4.57 Å². The highest BCUT2D eigenvalue weighted by Gasteiger charge is 2.24. The number of hydrogen-bond acceptors (Lipinski definition) is 1. The molecule has 0 fully saturated rings. The van der Waals surface area contributed by atoms with Gasteiger partial charge in [-0.2, -0.15) is 0 Å². The lowest BCUT2D eigenvalue weighted by molar-refractivity contribution is -0.660. The van der Waals surface area contributed by atoms with Gasteiger partial charge in [0, 0.05) is 22.9 Å². The first-order valence-electron chi connectivity index (χ1n) is 12.0. The van der Waals surface area contributed by atoms with Gasteiger partial charge in [0.05, 0.1) is 11.1 Å². The van der Waals surface area contributed by atoms with E-state index in [-0.39, 0.29) is 5.82 Å². The number of aromatic nitrogens is 1. The van der Waals surface area contributed by atoms with E-state index in [1.807, 2.05) is 18.2 Å². The van der Waals surface area contributed by atoms with Crippen molar-refractivity contribution in [2.75, 3.05) is 0 Å². The monoisotopic (exact) mass is 452 g/mol. The van der Waals surface area contributed by atoms with Gasteiger partial charge in [-0.3, -0.25) is 0 Å². The van der Waals surface area contributed by atoms with E-state index in [0.29, 0.717) is 23.0 Å². The molecule has 2 nitrogen and oxygen atoms in total. The fourth-order valence-electron chi connectivity index (χ4n) is 4.79. The zero-order valence-electron chi connectivity index (χ0n) is 20.7. The van der Waals surface area contributed by atoms with Crippen molar-refractivity contribution in [3.05, 3.63) is 89.4 Å². The van der Waals surface area contributed by atoms with Crippen LogP contribution >= 0.6 is 0 Å². The van der Waals surface area contributed by atoms with Gasteiger partial charge in [-0.05, 0) is 53.1 Å². The quantitative estimate of drug-likeness (QED) is 0.250. The van der Waals surface area contributed by atoms with Gasteiger partial charge in [0.25, 0.3) is 0 Å². The molecule has 3 aromatic carbocycles. The Bertz CT molecular complexity index is 1520. The summed E-state index contributed by atoms with van der Waals surface area (Å²) in [4.78, 5) is 0. The number of pyridine rings is 1. The second-order valence-corrected chi connectivity index (χ2v) is 9.92. The van der Waals surface area contributed by atoms with Crippen LogP contribution in [-0.4, -0.2) is 0 Å². The second-order valence-electron chi connectivity index (χ2n) is 9.92. The van der Waals surface area contributed by atoms with Crippen molar-refractivity contribution in [2.45, 2.75) is 46.5 Å². The van der Waals surface area contributed by atoms with E-state index < -0.39 is 0 Å². The maximum absolute atomic E-state index is 15.2. The van der Waals surface area contributed by atoms with E-state index in [1.54, 1.807) is 6.07 Å². The van der Waals surface area contributed by atoms with Crippen molar-refractivity contribution in [3.8, 4) is 22.4 Å². The molecular weight excluding hydrogens is 421 g/mol. The third kappa shape index (κ3) is 3.60. The van der Waals surface area contributed by atoms with Crippen molar-refractivity contribution in [1.82, 2.24) is 0 Å². The Kier molecular flexibility index (Phi) is 5.51. The predicted molar refractivity (Wildman–Crippen MR) is 139 cm³/mol. The van der Waals surface area contributed by atoms with Crippen LogP contribution in [0.15, 0.2) is 71.3 Å². The molecule has 5 aromatic rings. The lowest BCUT2D eigenvalue weighted by atomic mass is 9.96. The van der Waals surface area contributed by atoms with E-state index in [2.05, 4.69) is 88.8 Å². The van der Waals surface area contributed by atoms with Crippen molar-refractivity contribution >= 4 is 21.9 Å². The van der Waals surface area contributed by atoms with Crippen LogP contribution in [0.25, 0.3) is 44.3 Å². The number of aryl methyl sites for hydroxylation is 2. The normalized spacial score (nSPS) is 11.9. The van der Waals surface area contributed by atoms with Crippen molar-refractivity contribution in [1.29, 1.82) is 0 Å². The van der Waals surface area contributed by atoms with E-state index in [9.17, 15) is 0 Å². The number of halogens is 1. The fraction of sp³-hybridized carbons (Fsp3) is 0.258. The van der Waals surface area contributed by atoms with Gasteiger partial charge in [-0.1, -0.05) is 64.1 Å². The summed E-state index contributed by atoms with van der Waals surface area (Å²) in [5, 5.41) is 1.94. The zero-order valence-corrected chi connectivity index (χ0v) is 20.7. The zero-order chi connectivity index (χ0) is 24.1. The van der Waals surface area contributed by atoms with Crippen LogP contribution in [-0.2, 0) is 7.05 Å². The Labute approximate surface area is 200 Å². The molecule has 0 saturated carbocycles. The smallest absolute Gasteiger partial charge is 0.216 e. The summed E-state index contributed by atoms with van der Waals surface area (Å²) < 4.78 is 23.9. The summed E-state index contributed by atoms with van der Waals surface area (Å²) in [5.41, 5.74) is 8.54. The van der Waals surface area contributed by atoms with E-state index >= 15 is 4.39 Å².